The van der Waals surface area contributed by atoms with Crippen LogP contribution in [0.4, 0.5) is 0 Å². The summed E-state index contributed by atoms with van der Waals surface area (Å²) in [6.07, 6.45) is 9.50. The van der Waals surface area contributed by atoms with E-state index in [9.17, 15) is 4.79 Å². The van der Waals surface area contributed by atoms with E-state index in [1.54, 1.807) is 6.26 Å². The number of benzene rings is 1. The van der Waals surface area contributed by atoms with Crippen molar-refractivity contribution < 1.29 is 13.9 Å². The molecule has 1 aromatic carbocycles. The Kier molecular flexibility index (Phi) is 7.50. The van der Waals surface area contributed by atoms with Crippen molar-refractivity contribution in [1.82, 2.24) is 19.7 Å². The van der Waals surface area contributed by atoms with Crippen LogP contribution in [0.2, 0.25) is 0 Å². The van der Waals surface area contributed by atoms with Crippen molar-refractivity contribution in [3.8, 4) is 17.2 Å². The smallest absolute Gasteiger partial charge is 0.226 e. The molecule has 5 rings (SSSR count). The van der Waals surface area contributed by atoms with Gasteiger partial charge >= 0.3 is 0 Å². The lowest BCUT2D eigenvalue weighted by Crippen LogP contribution is -2.40. The van der Waals surface area contributed by atoms with Crippen molar-refractivity contribution in [3.63, 3.8) is 0 Å². The molecule has 34 heavy (non-hydrogen) atoms. The molecule has 7 heteroatoms. The van der Waals surface area contributed by atoms with Crippen LogP contribution in [0.25, 0.3) is 11.5 Å². The minimum absolute atomic E-state index is 0.231. The van der Waals surface area contributed by atoms with Crippen molar-refractivity contribution in [1.29, 1.82) is 0 Å². The zero-order valence-electron chi connectivity index (χ0n) is 20.5. The molecule has 2 atom stereocenters. The maximum Gasteiger partial charge on any atom is 0.226 e. The molecule has 7 nitrogen and oxygen atoms in total. The quantitative estimate of drug-likeness (QED) is 0.490. The third kappa shape index (κ3) is 5.63. The van der Waals surface area contributed by atoms with Crippen LogP contribution < -0.4 is 4.74 Å². The third-order valence-electron chi connectivity index (χ3n) is 7.65. The lowest BCUT2D eigenvalue weighted by Gasteiger charge is -2.27. The van der Waals surface area contributed by atoms with Crippen molar-refractivity contribution in [3.05, 3.63) is 36.2 Å². The van der Waals surface area contributed by atoms with Gasteiger partial charge in [-0.2, -0.15) is 0 Å². The maximum absolute atomic E-state index is 12.5. The highest BCUT2D eigenvalue weighted by Gasteiger charge is 2.33. The minimum atomic E-state index is 0.231. The van der Waals surface area contributed by atoms with Crippen LogP contribution in [0.3, 0.4) is 0 Å². The first-order valence-electron chi connectivity index (χ1n) is 13.1. The van der Waals surface area contributed by atoms with Gasteiger partial charge in [0.2, 0.25) is 11.8 Å². The molecule has 1 unspecified atom stereocenters. The van der Waals surface area contributed by atoms with E-state index >= 15 is 0 Å². The molecule has 2 aromatic rings. The van der Waals surface area contributed by atoms with Gasteiger partial charge in [-0.15, -0.1) is 0 Å². The molecule has 0 bridgehead atoms. The summed E-state index contributed by atoms with van der Waals surface area (Å²) < 4.78 is 11.7. The molecule has 3 aliphatic rings. The summed E-state index contributed by atoms with van der Waals surface area (Å²) in [5.41, 5.74) is 1.74. The third-order valence-corrected chi connectivity index (χ3v) is 7.65. The van der Waals surface area contributed by atoms with Crippen molar-refractivity contribution in [2.24, 2.45) is 0 Å². The number of carbonyl (C=O) groups excluding carboxylic acids is 1. The van der Waals surface area contributed by atoms with Crippen molar-refractivity contribution >= 4 is 5.91 Å². The lowest BCUT2D eigenvalue weighted by atomic mass is 10.2. The molecule has 184 valence electrons. The number of hydrogen-bond donors (Lipinski definition) is 0. The van der Waals surface area contributed by atoms with Crippen molar-refractivity contribution in [2.45, 2.75) is 70.5 Å². The summed E-state index contributed by atoms with van der Waals surface area (Å²) in [6.45, 7) is 9.20. The Morgan fingerprint density at radius 1 is 1.09 bits per heavy atom. The normalized spacial score (nSPS) is 23.9. The standard InChI is InChI=1S/C27H38N4O3/c1-21-6-4-15-30(21)16-5-17-33-25-10-7-22(8-11-25)27-28-23(20-34-27)18-31-24(9-12-26(31)32)19-29-13-2-3-14-29/h7-8,10-11,20-21,24H,2-6,9,12-19H2,1H3/t21?,24-/m0/s1. The first-order valence-corrected chi connectivity index (χ1v) is 13.1. The number of nitrogens with zero attached hydrogens (tertiary/aromatic N) is 4. The van der Waals surface area contributed by atoms with Gasteiger partial charge in [-0.3, -0.25) is 4.79 Å². The Labute approximate surface area is 203 Å². The van der Waals surface area contributed by atoms with Crippen LogP contribution in [0.5, 0.6) is 5.75 Å². The van der Waals surface area contributed by atoms with Crippen LogP contribution in [-0.2, 0) is 11.3 Å². The van der Waals surface area contributed by atoms with Crippen LogP contribution in [0.15, 0.2) is 34.9 Å². The summed E-state index contributed by atoms with van der Waals surface area (Å²) >= 11 is 0. The van der Waals surface area contributed by atoms with Gasteiger partial charge in [-0.25, -0.2) is 4.98 Å². The predicted octanol–water partition coefficient (Wildman–Crippen LogP) is 4.18. The van der Waals surface area contributed by atoms with Crippen molar-refractivity contribution in [2.75, 3.05) is 39.3 Å². The zero-order chi connectivity index (χ0) is 23.3. The van der Waals surface area contributed by atoms with Gasteiger partial charge in [-0.1, -0.05) is 0 Å². The van der Waals surface area contributed by atoms with E-state index < -0.39 is 0 Å². The molecule has 1 aromatic heterocycles. The van der Waals surface area contributed by atoms with E-state index in [-0.39, 0.29) is 11.9 Å². The Morgan fingerprint density at radius 2 is 1.91 bits per heavy atom. The Bertz CT molecular complexity index is 938. The molecule has 0 aliphatic carbocycles. The van der Waals surface area contributed by atoms with Gasteiger partial charge in [0.15, 0.2) is 0 Å². The van der Waals surface area contributed by atoms with Gasteiger partial charge in [0, 0.05) is 37.2 Å². The molecule has 3 saturated heterocycles. The summed E-state index contributed by atoms with van der Waals surface area (Å²) in [6, 6.07) is 8.94. The molecule has 0 N–H and O–H groups in total. The lowest BCUT2D eigenvalue weighted by molar-refractivity contribution is -0.129. The zero-order valence-corrected chi connectivity index (χ0v) is 20.5. The first kappa shape index (κ1) is 23.4. The maximum atomic E-state index is 12.5. The summed E-state index contributed by atoms with van der Waals surface area (Å²) in [4.78, 5) is 24.2. The second-order valence-corrected chi connectivity index (χ2v) is 10.1. The molecule has 3 aliphatic heterocycles. The summed E-state index contributed by atoms with van der Waals surface area (Å²) in [5, 5.41) is 0. The molecule has 0 spiro atoms. The highest BCUT2D eigenvalue weighted by Crippen LogP contribution is 2.26. The highest BCUT2D eigenvalue weighted by molar-refractivity contribution is 5.78. The van der Waals surface area contributed by atoms with Gasteiger partial charge < -0.3 is 23.9 Å². The highest BCUT2D eigenvalue weighted by atomic mass is 16.5. The van der Waals surface area contributed by atoms with Gasteiger partial charge in [-0.05, 0) is 89.3 Å². The fraction of sp³-hybridized carbons (Fsp3) is 0.630. The van der Waals surface area contributed by atoms with Crippen LogP contribution >= 0.6 is 0 Å². The molecular formula is C27H38N4O3. The molecule has 0 radical (unpaired) electrons. The number of amides is 1. The monoisotopic (exact) mass is 466 g/mol. The largest absolute Gasteiger partial charge is 0.494 e. The number of ether oxygens (including phenoxy) is 1. The van der Waals surface area contributed by atoms with E-state index in [0.29, 0.717) is 24.9 Å². The van der Waals surface area contributed by atoms with E-state index in [1.807, 2.05) is 29.2 Å². The number of aromatic nitrogens is 1. The number of oxazole rings is 1. The van der Waals surface area contributed by atoms with Crippen LogP contribution in [0.1, 0.15) is 57.6 Å². The van der Waals surface area contributed by atoms with Crippen LogP contribution in [0, 0.1) is 0 Å². The molecule has 3 fully saturated rings. The number of hydrogen-bond acceptors (Lipinski definition) is 6. The summed E-state index contributed by atoms with van der Waals surface area (Å²) in [7, 11) is 0. The Balaban J connectivity index is 1.11. The van der Waals surface area contributed by atoms with E-state index in [2.05, 4.69) is 21.7 Å². The molecular weight excluding hydrogens is 428 g/mol. The van der Waals surface area contributed by atoms with E-state index in [4.69, 9.17) is 9.15 Å². The average molecular weight is 467 g/mol. The minimum Gasteiger partial charge on any atom is -0.494 e. The van der Waals surface area contributed by atoms with E-state index in [1.165, 1.54) is 32.2 Å². The SMILES string of the molecule is CC1CCCN1CCCOc1ccc(-c2nc(CN3C(=O)CC[C@H]3CN3CCCC3)co2)cc1. The van der Waals surface area contributed by atoms with Gasteiger partial charge in [0.25, 0.3) is 0 Å². The number of rotatable bonds is 10. The van der Waals surface area contributed by atoms with Gasteiger partial charge in [0.05, 0.1) is 18.8 Å². The first-order chi connectivity index (χ1) is 16.7. The predicted molar refractivity (Wildman–Crippen MR) is 132 cm³/mol. The molecule has 4 heterocycles. The van der Waals surface area contributed by atoms with E-state index in [0.717, 1.165) is 62.6 Å². The van der Waals surface area contributed by atoms with Crippen LogP contribution in [-0.4, -0.2) is 77.0 Å². The fourth-order valence-electron chi connectivity index (χ4n) is 5.63. The van der Waals surface area contributed by atoms with Gasteiger partial charge in [0.1, 0.15) is 12.0 Å². The number of carbonyl (C=O) groups is 1. The average Bonchev–Trinajstić information content (AvgIpc) is 3.65. The Hall–Kier alpha value is -2.38. The number of likely N-dealkylation sites (tertiary alicyclic amines) is 3. The molecule has 1 amide bonds. The second-order valence-electron chi connectivity index (χ2n) is 10.1. The fourth-order valence-corrected chi connectivity index (χ4v) is 5.63. The molecule has 0 saturated carbocycles. The topological polar surface area (TPSA) is 62.1 Å². The summed E-state index contributed by atoms with van der Waals surface area (Å²) in [5.74, 6) is 1.69. The Morgan fingerprint density at radius 3 is 2.68 bits per heavy atom. The second kappa shape index (κ2) is 10.9.